The largest absolute Gasteiger partial charge is 0.355 e. The summed E-state index contributed by atoms with van der Waals surface area (Å²) in [6.07, 6.45) is 7.70. The zero-order chi connectivity index (χ0) is 11.2. The Hall–Kier alpha value is -0.180. The molecule has 0 unspecified atom stereocenters. The first-order valence-electron chi connectivity index (χ1n) is 6.61. The fourth-order valence-corrected chi connectivity index (χ4v) is 4.86. The fraction of sp³-hybridized carbons (Fsp3) is 0.923. The van der Waals surface area contributed by atoms with E-state index in [0.29, 0.717) is 5.91 Å². The van der Waals surface area contributed by atoms with E-state index in [0.717, 1.165) is 30.1 Å². The lowest BCUT2D eigenvalue weighted by molar-refractivity contribution is -0.146. The third-order valence-corrected chi connectivity index (χ3v) is 5.14. The third-order valence-electron chi connectivity index (χ3n) is 4.92. The Morgan fingerprint density at radius 2 is 1.62 bits per heavy atom. The molecule has 0 atom stereocenters. The molecule has 4 bridgehead atoms. The summed E-state index contributed by atoms with van der Waals surface area (Å²) in [6, 6.07) is 0. The van der Waals surface area contributed by atoms with Crippen molar-refractivity contribution in [1.29, 1.82) is 0 Å². The zero-order valence-electron chi connectivity index (χ0n) is 9.74. The summed E-state index contributed by atoms with van der Waals surface area (Å²) in [4.78, 5) is 12.3. The number of carbonyl (C=O) groups excluding carboxylic acids is 1. The predicted molar refractivity (Wildman–Crippen MR) is 67.5 cm³/mol. The highest BCUT2D eigenvalue weighted by Gasteiger charge is 2.54. The molecule has 1 amide bonds. The van der Waals surface area contributed by atoms with Crippen LogP contribution >= 0.6 is 12.6 Å². The Morgan fingerprint density at radius 3 is 2.06 bits per heavy atom. The van der Waals surface area contributed by atoms with Crippen LogP contribution in [0.15, 0.2) is 0 Å². The van der Waals surface area contributed by atoms with Gasteiger partial charge in [0.1, 0.15) is 0 Å². The van der Waals surface area contributed by atoms with Crippen LogP contribution in [0.25, 0.3) is 0 Å². The SMILES string of the molecule is O=C(NCCS)C12CC3CC(CC(C3)C1)C2. The molecule has 3 heteroatoms. The van der Waals surface area contributed by atoms with E-state index < -0.39 is 0 Å². The molecule has 0 aromatic rings. The number of nitrogens with one attached hydrogen (secondary N) is 1. The van der Waals surface area contributed by atoms with Crippen LogP contribution in [0.5, 0.6) is 0 Å². The van der Waals surface area contributed by atoms with Gasteiger partial charge < -0.3 is 5.32 Å². The van der Waals surface area contributed by atoms with E-state index in [9.17, 15) is 4.79 Å². The number of carbonyl (C=O) groups is 1. The molecule has 0 aliphatic heterocycles. The van der Waals surface area contributed by atoms with E-state index in [1.54, 1.807) is 0 Å². The van der Waals surface area contributed by atoms with Gasteiger partial charge in [0.15, 0.2) is 0 Å². The first-order chi connectivity index (χ1) is 7.72. The summed E-state index contributed by atoms with van der Waals surface area (Å²) < 4.78 is 0. The Labute approximate surface area is 103 Å². The maximum Gasteiger partial charge on any atom is 0.226 e. The standard InChI is InChI=1S/C13H21NOS/c15-12(14-1-2-16)13-6-9-3-10(7-13)5-11(4-9)8-13/h9-11,16H,1-8H2,(H,14,15). The van der Waals surface area contributed by atoms with E-state index in [1.807, 2.05) is 0 Å². The minimum absolute atomic E-state index is 0.0255. The van der Waals surface area contributed by atoms with Crippen molar-refractivity contribution in [3.63, 3.8) is 0 Å². The summed E-state index contributed by atoms with van der Waals surface area (Å²) >= 11 is 4.16. The molecule has 0 spiro atoms. The Bertz CT molecular complexity index is 267. The Morgan fingerprint density at radius 1 is 1.12 bits per heavy atom. The smallest absolute Gasteiger partial charge is 0.226 e. The van der Waals surface area contributed by atoms with Gasteiger partial charge in [0.25, 0.3) is 0 Å². The lowest BCUT2D eigenvalue weighted by Gasteiger charge is -2.55. The van der Waals surface area contributed by atoms with Crippen LogP contribution < -0.4 is 5.32 Å². The van der Waals surface area contributed by atoms with E-state index >= 15 is 0 Å². The van der Waals surface area contributed by atoms with Crippen LogP contribution in [-0.2, 0) is 4.79 Å². The molecule has 0 saturated heterocycles. The molecule has 16 heavy (non-hydrogen) atoms. The second-order valence-electron chi connectivity index (χ2n) is 6.18. The molecule has 0 aromatic carbocycles. The minimum Gasteiger partial charge on any atom is -0.355 e. The number of hydrogen-bond donors (Lipinski definition) is 2. The average Bonchev–Trinajstić information content (AvgIpc) is 2.24. The van der Waals surface area contributed by atoms with Gasteiger partial charge in [-0.3, -0.25) is 4.79 Å². The summed E-state index contributed by atoms with van der Waals surface area (Å²) in [5, 5.41) is 3.07. The molecular weight excluding hydrogens is 218 g/mol. The van der Waals surface area contributed by atoms with E-state index in [1.165, 1.54) is 38.5 Å². The number of hydrogen-bond acceptors (Lipinski definition) is 2. The first-order valence-corrected chi connectivity index (χ1v) is 7.24. The predicted octanol–water partition coefficient (Wildman–Crippen LogP) is 2.25. The molecule has 2 nitrogen and oxygen atoms in total. The van der Waals surface area contributed by atoms with Crippen LogP contribution in [0.4, 0.5) is 0 Å². The number of rotatable bonds is 3. The van der Waals surface area contributed by atoms with Gasteiger partial charge in [-0.1, -0.05) is 0 Å². The van der Waals surface area contributed by atoms with Crippen LogP contribution in [0, 0.1) is 23.2 Å². The van der Waals surface area contributed by atoms with E-state index in [2.05, 4.69) is 17.9 Å². The molecule has 4 fully saturated rings. The maximum atomic E-state index is 12.3. The van der Waals surface area contributed by atoms with Gasteiger partial charge in [-0.15, -0.1) is 0 Å². The van der Waals surface area contributed by atoms with Gasteiger partial charge in [-0.2, -0.15) is 12.6 Å². The zero-order valence-corrected chi connectivity index (χ0v) is 10.6. The molecule has 0 aromatic heterocycles. The lowest BCUT2D eigenvalue weighted by atomic mass is 9.49. The molecule has 90 valence electrons. The highest BCUT2D eigenvalue weighted by atomic mass is 32.1. The molecule has 4 aliphatic rings. The second-order valence-corrected chi connectivity index (χ2v) is 6.62. The van der Waals surface area contributed by atoms with E-state index in [-0.39, 0.29) is 5.41 Å². The van der Waals surface area contributed by atoms with Gasteiger partial charge in [0.2, 0.25) is 5.91 Å². The maximum absolute atomic E-state index is 12.3. The molecule has 4 saturated carbocycles. The Kier molecular flexibility index (Phi) is 2.69. The van der Waals surface area contributed by atoms with Crippen LogP contribution in [0.2, 0.25) is 0 Å². The van der Waals surface area contributed by atoms with Crippen molar-refractivity contribution in [1.82, 2.24) is 5.32 Å². The molecule has 1 N–H and O–H groups in total. The second kappa shape index (κ2) is 3.94. The van der Waals surface area contributed by atoms with Crippen molar-refractivity contribution >= 4 is 18.5 Å². The summed E-state index contributed by atoms with van der Waals surface area (Å²) in [7, 11) is 0. The van der Waals surface area contributed by atoms with Gasteiger partial charge >= 0.3 is 0 Å². The van der Waals surface area contributed by atoms with Crippen molar-refractivity contribution in [2.24, 2.45) is 23.2 Å². The molecule has 0 radical (unpaired) electrons. The van der Waals surface area contributed by atoms with Crippen LogP contribution in [0.3, 0.4) is 0 Å². The normalized spacial score (nSPS) is 44.7. The van der Waals surface area contributed by atoms with Crippen LogP contribution in [0.1, 0.15) is 38.5 Å². The summed E-state index contributed by atoms with van der Waals surface area (Å²) in [5.74, 6) is 3.65. The summed E-state index contributed by atoms with van der Waals surface area (Å²) in [6.45, 7) is 0.726. The average molecular weight is 239 g/mol. The van der Waals surface area contributed by atoms with Crippen molar-refractivity contribution in [3.8, 4) is 0 Å². The van der Waals surface area contributed by atoms with Crippen molar-refractivity contribution < 1.29 is 4.79 Å². The van der Waals surface area contributed by atoms with Gasteiger partial charge in [0.05, 0.1) is 0 Å². The molecular formula is C13H21NOS. The lowest BCUT2D eigenvalue weighted by Crippen LogP contribution is -2.53. The molecule has 4 rings (SSSR count). The van der Waals surface area contributed by atoms with Crippen molar-refractivity contribution in [2.45, 2.75) is 38.5 Å². The molecule has 4 aliphatic carbocycles. The van der Waals surface area contributed by atoms with Crippen molar-refractivity contribution in [2.75, 3.05) is 12.3 Å². The third kappa shape index (κ3) is 1.68. The first kappa shape index (κ1) is 10.9. The van der Waals surface area contributed by atoms with Crippen molar-refractivity contribution in [3.05, 3.63) is 0 Å². The monoisotopic (exact) mass is 239 g/mol. The number of thiol groups is 1. The molecule has 0 heterocycles. The summed E-state index contributed by atoms with van der Waals surface area (Å²) in [5.41, 5.74) is 0.0255. The quantitative estimate of drug-likeness (QED) is 0.727. The van der Waals surface area contributed by atoms with Gasteiger partial charge in [0, 0.05) is 17.7 Å². The minimum atomic E-state index is 0.0255. The highest BCUT2D eigenvalue weighted by Crippen LogP contribution is 2.60. The highest BCUT2D eigenvalue weighted by molar-refractivity contribution is 7.80. The van der Waals surface area contributed by atoms with Crippen LogP contribution in [-0.4, -0.2) is 18.2 Å². The topological polar surface area (TPSA) is 29.1 Å². The number of amides is 1. The van der Waals surface area contributed by atoms with E-state index in [4.69, 9.17) is 0 Å². The van der Waals surface area contributed by atoms with Gasteiger partial charge in [-0.05, 0) is 56.3 Å². The fourth-order valence-electron chi connectivity index (χ4n) is 4.75. The van der Waals surface area contributed by atoms with Gasteiger partial charge in [-0.25, -0.2) is 0 Å². The Balaban J connectivity index is 1.75.